The van der Waals surface area contributed by atoms with Crippen LogP contribution in [-0.2, 0) is 0 Å². The molecular weight excluding hydrogens is 156 g/mol. The van der Waals surface area contributed by atoms with Crippen molar-refractivity contribution in [3.05, 3.63) is 29.7 Å². The van der Waals surface area contributed by atoms with Gasteiger partial charge in [0.2, 0.25) is 0 Å². The summed E-state index contributed by atoms with van der Waals surface area (Å²) in [4.78, 5) is 0. The summed E-state index contributed by atoms with van der Waals surface area (Å²) < 4.78 is 0. The Morgan fingerprint density at radius 1 is 1.15 bits per heavy atom. The second-order valence-electron chi connectivity index (χ2n) is 4.72. The highest BCUT2D eigenvalue weighted by molar-refractivity contribution is 5.32. The Morgan fingerprint density at radius 2 is 2.15 bits per heavy atom. The van der Waals surface area contributed by atoms with Crippen LogP contribution in [0.5, 0.6) is 0 Å². The molecule has 0 N–H and O–H groups in total. The average molecular weight is 173 g/mol. The molecule has 3 aliphatic carbocycles. The normalized spacial score (nSPS) is 38.3. The highest BCUT2D eigenvalue weighted by atomic mass is 14.4. The molecule has 0 aromatic rings. The molecule has 69 valence electrons. The van der Waals surface area contributed by atoms with Gasteiger partial charge in [-0.05, 0) is 56.3 Å². The van der Waals surface area contributed by atoms with Crippen LogP contribution in [0.2, 0.25) is 0 Å². The van der Waals surface area contributed by atoms with Crippen molar-refractivity contribution in [1.82, 2.24) is 0 Å². The Morgan fingerprint density at radius 3 is 2.77 bits per heavy atom. The molecule has 13 heavy (non-hydrogen) atoms. The molecule has 3 rings (SSSR count). The second-order valence-corrected chi connectivity index (χ2v) is 4.72. The number of fused-ring (bicyclic) bond motifs is 2. The summed E-state index contributed by atoms with van der Waals surface area (Å²) in [5.41, 5.74) is 1.79. The summed E-state index contributed by atoms with van der Waals surface area (Å²) in [6.45, 7) is 0. The summed E-state index contributed by atoms with van der Waals surface area (Å²) in [7, 11) is 0. The van der Waals surface area contributed by atoms with Crippen molar-refractivity contribution in [2.45, 2.75) is 38.5 Å². The standard InChI is InChI=1S/C13H17/c1-2-4-11(5-3-1)13-9-10-6-7-12(13)8-10/h4,6-7,12-13H,1-3,5,8-9H2. The zero-order valence-corrected chi connectivity index (χ0v) is 8.13. The van der Waals surface area contributed by atoms with Gasteiger partial charge in [0.05, 0.1) is 0 Å². The summed E-state index contributed by atoms with van der Waals surface area (Å²) in [5, 5.41) is 0. The Hall–Kier alpha value is -0.520. The Balaban J connectivity index is 1.79. The maximum absolute atomic E-state index is 2.53. The van der Waals surface area contributed by atoms with Gasteiger partial charge in [0.1, 0.15) is 0 Å². The first-order chi connectivity index (χ1) is 6.43. The van der Waals surface area contributed by atoms with Gasteiger partial charge in [-0.2, -0.15) is 0 Å². The van der Waals surface area contributed by atoms with E-state index >= 15 is 0 Å². The van der Waals surface area contributed by atoms with Gasteiger partial charge in [0.15, 0.2) is 0 Å². The third-order valence-corrected chi connectivity index (χ3v) is 3.88. The molecule has 1 saturated carbocycles. The van der Waals surface area contributed by atoms with E-state index in [9.17, 15) is 0 Å². The third kappa shape index (κ3) is 1.27. The molecule has 2 unspecified atom stereocenters. The van der Waals surface area contributed by atoms with Crippen LogP contribution in [0, 0.1) is 17.8 Å². The SMILES string of the molecule is C1=CC2C[C]1CC2C1=CCCCC1. The molecule has 0 amide bonds. The van der Waals surface area contributed by atoms with Crippen LogP contribution in [-0.4, -0.2) is 0 Å². The van der Waals surface area contributed by atoms with E-state index in [1.165, 1.54) is 38.5 Å². The van der Waals surface area contributed by atoms with Gasteiger partial charge in [-0.3, -0.25) is 0 Å². The quantitative estimate of drug-likeness (QED) is 0.531. The first-order valence-electron chi connectivity index (χ1n) is 5.65. The molecule has 1 radical (unpaired) electrons. The minimum Gasteiger partial charge on any atom is -0.0850 e. The molecular formula is C13H17. The van der Waals surface area contributed by atoms with E-state index in [-0.39, 0.29) is 0 Å². The molecule has 3 aliphatic rings. The van der Waals surface area contributed by atoms with Crippen LogP contribution >= 0.6 is 0 Å². The van der Waals surface area contributed by atoms with E-state index in [0.29, 0.717) is 0 Å². The molecule has 0 aromatic carbocycles. The molecule has 0 nitrogen and oxygen atoms in total. The summed E-state index contributed by atoms with van der Waals surface area (Å²) in [5.74, 6) is 3.51. The smallest absolute Gasteiger partial charge is 0.00151 e. The van der Waals surface area contributed by atoms with Gasteiger partial charge in [0, 0.05) is 0 Å². The fourth-order valence-electron chi connectivity index (χ4n) is 3.17. The van der Waals surface area contributed by atoms with Crippen molar-refractivity contribution in [3.8, 4) is 0 Å². The van der Waals surface area contributed by atoms with Crippen LogP contribution in [0.1, 0.15) is 38.5 Å². The van der Waals surface area contributed by atoms with Gasteiger partial charge in [0.25, 0.3) is 0 Å². The lowest BCUT2D eigenvalue weighted by Gasteiger charge is -2.24. The van der Waals surface area contributed by atoms with E-state index < -0.39 is 0 Å². The minimum atomic E-state index is 0.888. The fourth-order valence-corrected chi connectivity index (χ4v) is 3.17. The minimum absolute atomic E-state index is 0.888. The number of hydrogen-bond acceptors (Lipinski definition) is 0. The molecule has 0 spiro atoms. The maximum atomic E-state index is 2.53. The van der Waals surface area contributed by atoms with E-state index in [0.717, 1.165) is 11.8 Å². The lowest BCUT2D eigenvalue weighted by Crippen LogP contribution is -2.11. The predicted molar refractivity (Wildman–Crippen MR) is 55.1 cm³/mol. The molecule has 0 aromatic heterocycles. The zero-order chi connectivity index (χ0) is 8.67. The molecule has 1 fully saturated rings. The Kier molecular flexibility index (Phi) is 1.81. The zero-order valence-electron chi connectivity index (χ0n) is 8.13. The Labute approximate surface area is 80.7 Å². The fraction of sp³-hybridized carbons (Fsp3) is 0.615. The van der Waals surface area contributed by atoms with Crippen molar-refractivity contribution in [3.63, 3.8) is 0 Å². The monoisotopic (exact) mass is 173 g/mol. The lowest BCUT2D eigenvalue weighted by molar-refractivity contribution is 0.488. The predicted octanol–water partition coefficient (Wildman–Crippen LogP) is 3.66. The van der Waals surface area contributed by atoms with Crippen LogP contribution in [0.15, 0.2) is 23.8 Å². The molecule has 2 atom stereocenters. The van der Waals surface area contributed by atoms with Crippen LogP contribution in [0.25, 0.3) is 0 Å². The molecule has 2 bridgehead atoms. The molecule has 0 heterocycles. The van der Waals surface area contributed by atoms with Gasteiger partial charge in [-0.25, -0.2) is 0 Å². The van der Waals surface area contributed by atoms with Crippen molar-refractivity contribution in [2.75, 3.05) is 0 Å². The number of rotatable bonds is 1. The Bertz CT molecular complexity index is 259. The van der Waals surface area contributed by atoms with Crippen LogP contribution in [0.3, 0.4) is 0 Å². The van der Waals surface area contributed by atoms with Crippen molar-refractivity contribution in [2.24, 2.45) is 11.8 Å². The summed E-state index contributed by atoms with van der Waals surface area (Å²) in [6.07, 6.45) is 15.7. The molecule has 0 saturated heterocycles. The third-order valence-electron chi connectivity index (χ3n) is 3.88. The van der Waals surface area contributed by atoms with Gasteiger partial charge >= 0.3 is 0 Å². The molecule has 0 heteroatoms. The average Bonchev–Trinajstić information content (AvgIpc) is 2.80. The second kappa shape index (κ2) is 3.01. The van der Waals surface area contributed by atoms with Crippen molar-refractivity contribution in [1.29, 1.82) is 0 Å². The number of hydrogen-bond donors (Lipinski definition) is 0. The first kappa shape index (κ1) is 7.84. The summed E-state index contributed by atoms with van der Waals surface area (Å²) >= 11 is 0. The van der Waals surface area contributed by atoms with Crippen LogP contribution < -0.4 is 0 Å². The van der Waals surface area contributed by atoms with Gasteiger partial charge in [-0.1, -0.05) is 23.8 Å². The van der Waals surface area contributed by atoms with E-state index in [1.54, 1.807) is 11.5 Å². The lowest BCUT2D eigenvalue weighted by atomic mass is 9.81. The van der Waals surface area contributed by atoms with Gasteiger partial charge < -0.3 is 0 Å². The van der Waals surface area contributed by atoms with Gasteiger partial charge in [-0.15, -0.1) is 0 Å². The first-order valence-corrected chi connectivity index (χ1v) is 5.65. The highest BCUT2D eigenvalue weighted by Gasteiger charge is 2.37. The van der Waals surface area contributed by atoms with Crippen molar-refractivity contribution >= 4 is 0 Å². The topological polar surface area (TPSA) is 0 Å². The number of allylic oxidation sites excluding steroid dienone is 4. The maximum Gasteiger partial charge on any atom is -0.00151 e. The van der Waals surface area contributed by atoms with E-state index in [4.69, 9.17) is 0 Å². The van der Waals surface area contributed by atoms with E-state index in [2.05, 4.69) is 18.2 Å². The van der Waals surface area contributed by atoms with E-state index in [1.807, 2.05) is 0 Å². The summed E-state index contributed by atoms with van der Waals surface area (Å²) in [6, 6.07) is 0. The van der Waals surface area contributed by atoms with Crippen molar-refractivity contribution < 1.29 is 0 Å². The molecule has 0 aliphatic heterocycles. The largest absolute Gasteiger partial charge is 0.0850 e. The van der Waals surface area contributed by atoms with Crippen LogP contribution in [0.4, 0.5) is 0 Å². The highest BCUT2D eigenvalue weighted by Crippen LogP contribution is 2.49.